The summed E-state index contributed by atoms with van der Waals surface area (Å²) in [4.78, 5) is 19.8. The summed E-state index contributed by atoms with van der Waals surface area (Å²) in [7, 11) is 0. The molecule has 7 heteroatoms. The number of nitrogens with zero attached hydrogens (tertiary/aromatic N) is 4. The molecule has 1 fully saturated rings. The van der Waals surface area contributed by atoms with Crippen LogP contribution in [0.2, 0.25) is 0 Å². The van der Waals surface area contributed by atoms with Gasteiger partial charge in [-0.05, 0) is 63.9 Å². The first-order valence-corrected chi connectivity index (χ1v) is 11.2. The summed E-state index contributed by atoms with van der Waals surface area (Å²) in [5.74, 6) is 1.17. The average Bonchev–Trinajstić information content (AvgIpc) is 3.46. The van der Waals surface area contributed by atoms with Gasteiger partial charge in [-0.3, -0.25) is 14.5 Å². The Balaban J connectivity index is 1.33. The van der Waals surface area contributed by atoms with Gasteiger partial charge in [-0.25, -0.2) is 0 Å². The number of likely N-dealkylation sites (tertiary alicyclic amines) is 1. The predicted molar refractivity (Wildman–Crippen MR) is 118 cm³/mol. The number of nitrogens with one attached hydrogen (secondary N) is 1. The molecule has 0 bridgehead atoms. The molecule has 31 heavy (non-hydrogen) atoms. The molecule has 0 aromatic carbocycles. The monoisotopic (exact) mass is 419 g/mol. The lowest BCUT2D eigenvalue weighted by Gasteiger charge is -2.14. The maximum absolute atomic E-state index is 12.8. The van der Waals surface area contributed by atoms with Crippen molar-refractivity contribution in [3.8, 4) is 11.3 Å². The van der Waals surface area contributed by atoms with E-state index in [9.17, 15) is 4.79 Å². The zero-order valence-corrected chi connectivity index (χ0v) is 18.3. The van der Waals surface area contributed by atoms with Gasteiger partial charge >= 0.3 is 0 Å². The molecule has 3 aromatic heterocycles. The number of hydrogen-bond donors (Lipinski definition) is 1. The molecule has 1 aliphatic carbocycles. The van der Waals surface area contributed by atoms with Gasteiger partial charge in [0.1, 0.15) is 5.76 Å². The van der Waals surface area contributed by atoms with E-state index in [2.05, 4.69) is 21.4 Å². The minimum Gasteiger partial charge on any atom is -0.455 e. The van der Waals surface area contributed by atoms with E-state index >= 15 is 0 Å². The minimum atomic E-state index is -0.129. The van der Waals surface area contributed by atoms with Crippen molar-refractivity contribution in [3.05, 3.63) is 58.4 Å². The van der Waals surface area contributed by atoms with Crippen LogP contribution in [0, 0.1) is 13.8 Å². The Morgan fingerprint density at radius 3 is 2.84 bits per heavy atom. The normalized spacial score (nSPS) is 15.7. The van der Waals surface area contributed by atoms with Crippen molar-refractivity contribution in [2.45, 2.75) is 46.1 Å². The van der Waals surface area contributed by atoms with Gasteiger partial charge in [0.2, 0.25) is 0 Å². The van der Waals surface area contributed by atoms with Crippen LogP contribution in [-0.2, 0) is 19.4 Å². The Morgan fingerprint density at radius 2 is 2.03 bits per heavy atom. The molecule has 1 N–H and O–H groups in total. The second kappa shape index (κ2) is 8.30. The van der Waals surface area contributed by atoms with Gasteiger partial charge in [0.05, 0.1) is 17.9 Å². The van der Waals surface area contributed by atoms with Gasteiger partial charge in [-0.15, -0.1) is 0 Å². The molecule has 1 saturated heterocycles. The van der Waals surface area contributed by atoms with Gasteiger partial charge in [0.25, 0.3) is 5.91 Å². The first-order chi connectivity index (χ1) is 15.1. The number of carbonyl (C=O) groups is 1. The number of rotatable bonds is 6. The van der Waals surface area contributed by atoms with Gasteiger partial charge in [-0.1, -0.05) is 6.07 Å². The predicted octanol–water partition coefficient (Wildman–Crippen LogP) is 3.13. The minimum absolute atomic E-state index is 0.129. The molecule has 0 unspecified atom stereocenters. The van der Waals surface area contributed by atoms with Crippen LogP contribution in [0.3, 0.4) is 0 Å². The summed E-state index contributed by atoms with van der Waals surface area (Å²) in [6.07, 6.45) is 6.27. The first-order valence-electron chi connectivity index (χ1n) is 11.2. The van der Waals surface area contributed by atoms with Crippen molar-refractivity contribution in [2.75, 3.05) is 26.2 Å². The highest BCUT2D eigenvalue weighted by atomic mass is 16.4. The van der Waals surface area contributed by atoms with E-state index in [1.54, 1.807) is 0 Å². The number of pyridine rings is 1. The third-order valence-corrected chi connectivity index (χ3v) is 6.30. The number of amides is 1. The van der Waals surface area contributed by atoms with Gasteiger partial charge in [0, 0.05) is 42.5 Å². The number of furan rings is 1. The van der Waals surface area contributed by atoms with Crippen molar-refractivity contribution in [1.82, 2.24) is 25.0 Å². The number of aromatic nitrogens is 3. The highest BCUT2D eigenvalue weighted by Gasteiger charge is 2.29. The van der Waals surface area contributed by atoms with Crippen molar-refractivity contribution in [3.63, 3.8) is 0 Å². The molecule has 0 atom stereocenters. The van der Waals surface area contributed by atoms with Gasteiger partial charge < -0.3 is 14.6 Å². The zero-order chi connectivity index (χ0) is 21.4. The summed E-state index contributed by atoms with van der Waals surface area (Å²) >= 11 is 0. The molecule has 1 aliphatic heterocycles. The van der Waals surface area contributed by atoms with E-state index in [-0.39, 0.29) is 5.91 Å². The number of fused-ring (bicyclic) bond motifs is 3. The molecule has 162 valence electrons. The lowest BCUT2D eigenvalue weighted by molar-refractivity contribution is 0.0919. The van der Waals surface area contributed by atoms with Crippen LogP contribution in [0.25, 0.3) is 11.3 Å². The largest absolute Gasteiger partial charge is 0.455 e. The third kappa shape index (κ3) is 4.02. The molecule has 2 aliphatic rings. The highest BCUT2D eigenvalue weighted by Crippen LogP contribution is 2.38. The summed E-state index contributed by atoms with van der Waals surface area (Å²) in [6.45, 7) is 8.40. The quantitative estimate of drug-likeness (QED) is 0.664. The Bertz CT molecular complexity index is 1110. The first kappa shape index (κ1) is 20.0. The van der Waals surface area contributed by atoms with Crippen LogP contribution in [0.5, 0.6) is 0 Å². The van der Waals surface area contributed by atoms with E-state index in [0.717, 1.165) is 66.4 Å². The van der Waals surface area contributed by atoms with Crippen LogP contribution < -0.4 is 5.32 Å². The van der Waals surface area contributed by atoms with E-state index in [4.69, 9.17) is 9.52 Å². The van der Waals surface area contributed by atoms with Crippen LogP contribution in [0.15, 0.2) is 28.8 Å². The SMILES string of the molecule is Cc1cccc(Cn2cc3c(n2)-c2c(oc(C(=O)NCCN4CCCC4)c2C)CC3)n1. The molecule has 3 aromatic rings. The zero-order valence-electron chi connectivity index (χ0n) is 18.3. The van der Waals surface area contributed by atoms with Gasteiger partial charge in [-0.2, -0.15) is 5.10 Å². The molecule has 0 radical (unpaired) electrons. The molecule has 7 nitrogen and oxygen atoms in total. The second-order valence-electron chi connectivity index (χ2n) is 8.63. The van der Waals surface area contributed by atoms with Crippen LogP contribution in [0.1, 0.15) is 51.7 Å². The lowest BCUT2D eigenvalue weighted by atomic mass is 9.93. The summed E-state index contributed by atoms with van der Waals surface area (Å²) in [6, 6.07) is 6.04. The molecular weight excluding hydrogens is 390 g/mol. The average molecular weight is 420 g/mol. The number of aryl methyl sites for hydroxylation is 3. The second-order valence-corrected chi connectivity index (χ2v) is 8.63. The fourth-order valence-corrected chi connectivity index (χ4v) is 4.73. The van der Waals surface area contributed by atoms with Crippen molar-refractivity contribution in [1.29, 1.82) is 0 Å². The smallest absolute Gasteiger partial charge is 0.287 e. The van der Waals surface area contributed by atoms with E-state index in [1.807, 2.05) is 36.7 Å². The molecule has 0 saturated carbocycles. The van der Waals surface area contributed by atoms with E-state index < -0.39 is 0 Å². The topological polar surface area (TPSA) is 76.2 Å². The van der Waals surface area contributed by atoms with Crippen LogP contribution >= 0.6 is 0 Å². The van der Waals surface area contributed by atoms with Crippen LogP contribution in [-0.4, -0.2) is 51.8 Å². The molecule has 0 spiro atoms. The third-order valence-electron chi connectivity index (χ3n) is 6.30. The summed E-state index contributed by atoms with van der Waals surface area (Å²) in [5, 5.41) is 7.88. The number of hydrogen-bond acceptors (Lipinski definition) is 5. The number of carbonyl (C=O) groups excluding carboxylic acids is 1. The maximum Gasteiger partial charge on any atom is 0.287 e. The Labute approximate surface area is 182 Å². The Kier molecular flexibility index (Phi) is 5.36. The molecule has 4 heterocycles. The highest BCUT2D eigenvalue weighted by molar-refractivity contribution is 5.95. The standard InChI is InChI=1S/C24H29N5O2/c1-16-6-5-7-19(26-16)15-29-14-18-8-9-20-21(22(18)27-29)17(2)23(31-20)24(30)25-10-13-28-11-3-4-12-28/h5-7,14H,3-4,8-13,15H2,1-2H3,(H,25,30). The fourth-order valence-electron chi connectivity index (χ4n) is 4.73. The van der Waals surface area contributed by atoms with Crippen molar-refractivity contribution < 1.29 is 9.21 Å². The van der Waals surface area contributed by atoms with Crippen molar-refractivity contribution in [2.24, 2.45) is 0 Å². The lowest BCUT2D eigenvalue weighted by Crippen LogP contribution is -2.33. The van der Waals surface area contributed by atoms with Crippen LogP contribution in [0.4, 0.5) is 0 Å². The summed E-state index contributed by atoms with van der Waals surface area (Å²) < 4.78 is 7.98. The summed E-state index contributed by atoms with van der Waals surface area (Å²) in [5.41, 5.74) is 6.00. The van der Waals surface area contributed by atoms with E-state index in [0.29, 0.717) is 18.8 Å². The van der Waals surface area contributed by atoms with Crippen molar-refractivity contribution >= 4 is 5.91 Å². The fraction of sp³-hybridized carbons (Fsp3) is 0.458. The molecule has 5 rings (SSSR count). The Morgan fingerprint density at radius 1 is 1.19 bits per heavy atom. The Hall–Kier alpha value is -2.93. The maximum atomic E-state index is 12.8. The van der Waals surface area contributed by atoms with Gasteiger partial charge in [0.15, 0.2) is 5.76 Å². The molecular formula is C24H29N5O2. The van der Waals surface area contributed by atoms with E-state index in [1.165, 1.54) is 18.4 Å². The molecule has 1 amide bonds.